The van der Waals surface area contributed by atoms with Crippen LogP contribution in [0, 0.1) is 6.92 Å². The third kappa shape index (κ3) is 32.6. The van der Waals surface area contributed by atoms with E-state index >= 15 is 0 Å². The second-order valence-corrected chi connectivity index (χ2v) is 17.9. The zero-order valence-electron chi connectivity index (χ0n) is 40.5. The molecule has 1 rings (SSSR count). The van der Waals surface area contributed by atoms with Crippen molar-refractivity contribution < 1.29 is 19.1 Å². The van der Waals surface area contributed by atoms with E-state index < -0.39 is 0 Å². The number of rotatable bonds is 45. The van der Waals surface area contributed by atoms with Crippen molar-refractivity contribution >= 4 is 17.8 Å². The molecule has 0 aliphatic carbocycles. The zero-order chi connectivity index (χ0) is 44.4. The highest BCUT2D eigenvalue weighted by atomic mass is 16.5. The second-order valence-electron chi connectivity index (χ2n) is 17.9. The van der Waals surface area contributed by atoms with Crippen LogP contribution in [0.2, 0.25) is 0 Å². The normalized spacial score (nSPS) is 11.9. The topological polar surface area (TPSA) is 112 Å². The molecule has 0 saturated heterocycles. The first-order valence-corrected chi connectivity index (χ1v) is 25.9. The fraction of sp³-hybridized carbons (Fsp3) is 0.846. The number of carbonyl (C=O) groups excluding carboxylic acids is 2. The summed E-state index contributed by atoms with van der Waals surface area (Å²) in [5.74, 6) is 0.392. The number of ether oxygens (including phenoxy) is 2. The first-order valence-electron chi connectivity index (χ1n) is 25.9. The average molecular weight is 856 g/mol. The molecule has 0 amide bonds. The van der Waals surface area contributed by atoms with Crippen LogP contribution in [0.4, 0.5) is 0 Å². The summed E-state index contributed by atoms with van der Waals surface area (Å²) < 4.78 is 13.7. The Labute approximate surface area is 376 Å². The molecular weight excluding hydrogens is 759 g/mol. The monoisotopic (exact) mass is 856 g/mol. The molecule has 1 heterocycles. The lowest BCUT2D eigenvalue weighted by Gasteiger charge is -2.22. The largest absolute Gasteiger partial charge is 0.466 e. The van der Waals surface area contributed by atoms with E-state index in [1.807, 2.05) is 13.3 Å². The molecule has 0 saturated carbocycles. The highest BCUT2D eigenvalue weighted by molar-refractivity contribution is 5.97. The molecule has 9 heteroatoms. The molecule has 354 valence electrons. The van der Waals surface area contributed by atoms with Crippen LogP contribution in [0.5, 0.6) is 0 Å². The summed E-state index contributed by atoms with van der Waals surface area (Å²) in [5.41, 5.74) is 7.86. The van der Waals surface area contributed by atoms with Crippen molar-refractivity contribution in [2.45, 2.75) is 259 Å². The number of nitrogens with two attached hydrogens (primary N) is 1. The van der Waals surface area contributed by atoms with Gasteiger partial charge in [-0.05, 0) is 90.8 Å². The molecule has 9 nitrogen and oxygen atoms in total. The molecular formula is C52H97N5O4. The maximum Gasteiger partial charge on any atom is 0.306 e. The van der Waals surface area contributed by atoms with Gasteiger partial charge in [-0.2, -0.15) is 0 Å². The minimum atomic E-state index is -0.0285. The number of imidazole rings is 1. The van der Waals surface area contributed by atoms with Gasteiger partial charge in [0.25, 0.3) is 0 Å². The van der Waals surface area contributed by atoms with E-state index in [9.17, 15) is 9.59 Å². The number of aliphatic imine (C=N–C) groups is 1. The van der Waals surface area contributed by atoms with E-state index in [1.54, 1.807) is 0 Å². The van der Waals surface area contributed by atoms with Gasteiger partial charge in [-0.1, -0.05) is 169 Å². The van der Waals surface area contributed by atoms with Crippen LogP contribution in [0.3, 0.4) is 0 Å². The van der Waals surface area contributed by atoms with Gasteiger partial charge in [0, 0.05) is 31.3 Å². The number of hydrogen-bond donors (Lipinski definition) is 1. The van der Waals surface area contributed by atoms with Gasteiger partial charge in [0.2, 0.25) is 0 Å². The Morgan fingerprint density at radius 1 is 0.656 bits per heavy atom. The maximum atomic E-state index is 12.9. The quantitative estimate of drug-likeness (QED) is 0.0301. The second kappa shape index (κ2) is 41.3. The third-order valence-electron chi connectivity index (χ3n) is 12.2. The molecule has 0 fully saturated rings. The highest BCUT2D eigenvalue weighted by Crippen LogP contribution is 2.19. The number of carbonyl (C=O) groups is 2. The van der Waals surface area contributed by atoms with Gasteiger partial charge in [-0.3, -0.25) is 9.59 Å². The predicted octanol–water partition coefficient (Wildman–Crippen LogP) is 14.1. The summed E-state index contributed by atoms with van der Waals surface area (Å²) in [7, 11) is 0. The third-order valence-corrected chi connectivity index (χ3v) is 12.2. The van der Waals surface area contributed by atoms with Crippen LogP contribution in [-0.4, -0.2) is 64.6 Å². The number of esters is 2. The minimum absolute atomic E-state index is 0.0165. The Morgan fingerprint density at radius 2 is 1.10 bits per heavy atom. The van der Waals surface area contributed by atoms with Crippen molar-refractivity contribution in [2.24, 2.45) is 10.7 Å². The van der Waals surface area contributed by atoms with Gasteiger partial charge in [0.15, 0.2) is 5.84 Å². The molecule has 0 bridgehead atoms. The van der Waals surface area contributed by atoms with Gasteiger partial charge < -0.3 is 24.7 Å². The van der Waals surface area contributed by atoms with Crippen LogP contribution in [-0.2, 0) is 25.6 Å². The summed E-state index contributed by atoms with van der Waals surface area (Å²) >= 11 is 0. The lowest BCUT2D eigenvalue weighted by Crippen LogP contribution is -2.28. The molecule has 0 aliphatic heterocycles. The highest BCUT2D eigenvalue weighted by Gasteiger charge is 2.15. The molecule has 0 unspecified atom stereocenters. The molecule has 0 aliphatic rings. The Balaban J connectivity index is 2.44. The molecule has 1 aromatic heterocycles. The van der Waals surface area contributed by atoms with Crippen LogP contribution in [0.25, 0.3) is 0 Å². The standard InChI is InChI=1S/C52H97N5O4/c1-6-10-13-16-19-28-35-45-60-49(58)39-31-24-20-26-33-41-56(43-36-44-57-46-55-51(47(57)5)52(53)54-9-4)42-34-27-21-25-32-40-50(59)61-48(37-29-22-17-14-11-7-2)38-30-23-18-15-12-8-3/h9,46,48H,4,6-8,10-45H2,1-3,5H3,(H2,53,54). The Hall–Kier alpha value is -2.68. The predicted molar refractivity (Wildman–Crippen MR) is 259 cm³/mol. The van der Waals surface area contributed by atoms with Crippen molar-refractivity contribution in [1.82, 2.24) is 14.5 Å². The number of amidine groups is 1. The maximum absolute atomic E-state index is 12.9. The van der Waals surface area contributed by atoms with Crippen molar-refractivity contribution in [2.75, 3.05) is 26.2 Å². The van der Waals surface area contributed by atoms with Crippen LogP contribution < -0.4 is 5.73 Å². The number of aromatic nitrogens is 2. The molecule has 0 atom stereocenters. The van der Waals surface area contributed by atoms with Crippen LogP contribution in [0.15, 0.2) is 24.1 Å². The van der Waals surface area contributed by atoms with E-state index in [0.29, 0.717) is 25.3 Å². The molecule has 0 aromatic carbocycles. The van der Waals surface area contributed by atoms with Crippen LogP contribution in [0.1, 0.15) is 250 Å². The fourth-order valence-electron chi connectivity index (χ4n) is 8.28. The number of hydrogen-bond acceptors (Lipinski definition) is 7. The number of unbranched alkanes of at least 4 members (excludes halogenated alkanes) is 24. The van der Waals surface area contributed by atoms with E-state index in [-0.39, 0.29) is 18.0 Å². The van der Waals surface area contributed by atoms with E-state index in [0.717, 1.165) is 108 Å². The summed E-state index contributed by atoms with van der Waals surface area (Å²) in [5, 5.41) is 0. The Bertz CT molecular complexity index is 1200. The van der Waals surface area contributed by atoms with Gasteiger partial charge in [0.1, 0.15) is 11.8 Å². The van der Waals surface area contributed by atoms with Crippen molar-refractivity contribution in [3.8, 4) is 0 Å². The van der Waals surface area contributed by atoms with Crippen LogP contribution >= 0.6 is 0 Å². The number of nitrogens with zero attached hydrogens (tertiary/aromatic N) is 4. The SMILES string of the molecule is C=CN=C(N)c1ncn(CCCN(CCCCCCCC(=O)OCCCCCCCCC)CCCCCCCC(=O)OC(CCCCCCCC)CCCCCCCC)c1C. The van der Waals surface area contributed by atoms with Gasteiger partial charge in [-0.15, -0.1) is 0 Å². The molecule has 0 spiro atoms. The number of aryl methyl sites for hydroxylation is 1. The van der Waals surface area contributed by atoms with Gasteiger partial charge in [-0.25, -0.2) is 9.98 Å². The molecule has 1 aromatic rings. The lowest BCUT2D eigenvalue weighted by atomic mass is 10.0. The van der Waals surface area contributed by atoms with Crippen molar-refractivity contribution in [3.63, 3.8) is 0 Å². The summed E-state index contributed by atoms with van der Waals surface area (Å²) in [6.45, 7) is 17.2. The lowest BCUT2D eigenvalue weighted by molar-refractivity contribution is -0.150. The fourth-order valence-corrected chi connectivity index (χ4v) is 8.28. The van der Waals surface area contributed by atoms with Gasteiger partial charge >= 0.3 is 11.9 Å². The smallest absolute Gasteiger partial charge is 0.306 e. The Kier molecular flexibility index (Phi) is 38.2. The van der Waals surface area contributed by atoms with E-state index in [1.165, 1.54) is 141 Å². The minimum Gasteiger partial charge on any atom is -0.466 e. The summed E-state index contributed by atoms with van der Waals surface area (Å²) in [6, 6.07) is 0. The van der Waals surface area contributed by atoms with E-state index in [2.05, 4.69) is 46.8 Å². The Morgan fingerprint density at radius 3 is 1.62 bits per heavy atom. The molecule has 2 N–H and O–H groups in total. The van der Waals surface area contributed by atoms with E-state index in [4.69, 9.17) is 15.2 Å². The average Bonchev–Trinajstić information content (AvgIpc) is 3.62. The summed E-state index contributed by atoms with van der Waals surface area (Å²) in [4.78, 5) is 36.3. The summed E-state index contributed by atoms with van der Waals surface area (Å²) in [6.07, 6.45) is 42.6. The first-order chi connectivity index (χ1) is 29.9. The van der Waals surface area contributed by atoms with Crippen molar-refractivity contribution in [3.05, 3.63) is 30.5 Å². The molecule has 61 heavy (non-hydrogen) atoms. The first kappa shape index (κ1) is 56.3. The molecule has 0 radical (unpaired) electrons. The zero-order valence-corrected chi connectivity index (χ0v) is 40.5. The van der Waals surface area contributed by atoms with Gasteiger partial charge in [0.05, 0.1) is 12.9 Å². The van der Waals surface area contributed by atoms with Crippen molar-refractivity contribution in [1.29, 1.82) is 0 Å².